The Balaban J connectivity index is 3.18. The molecule has 0 unspecified atom stereocenters. The summed E-state index contributed by atoms with van der Waals surface area (Å²) in [6.45, 7) is 3.99. The molecule has 1 aromatic rings. The number of aromatic carboxylic acids is 1. The normalized spacial score (nSPS) is 12.9. The summed E-state index contributed by atoms with van der Waals surface area (Å²) >= 11 is 0. The maximum absolute atomic E-state index is 11.7. The fraction of sp³-hybridized carbons (Fsp3) is 0.462. The minimum Gasteiger partial charge on any atom is -0.478 e. The van der Waals surface area contributed by atoms with E-state index in [1.54, 1.807) is 0 Å². The zero-order chi connectivity index (χ0) is 15.3. The minimum absolute atomic E-state index is 0.0516. The van der Waals surface area contributed by atoms with Gasteiger partial charge in [0.1, 0.15) is 0 Å². The largest absolute Gasteiger partial charge is 0.478 e. The third kappa shape index (κ3) is 3.94. The second kappa shape index (κ2) is 6.71. The monoisotopic (exact) mass is 300 g/mol. The van der Waals surface area contributed by atoms with Gasteiger partial charge in [-0.05, 0) is 38.6 Å². The van der Waals surface area contributed by atoms with Crippen molar-refractivity contribution in [2.75, 3.05) is 12.4 Å². The Morgan fingerprint density at radius 3 is 2.55 bits per heavy atom. The highest BCUT2D eigenvalue weighted by atomic mass is 32.2. The van der Waals surface area contributed by atoms with Crippen LogP contribution in [0.25, 0.3) is 0 Å². The molecule has 20 heavy (non-hydrogen) atoms. The van der Waals surface area contributed by atoms with Crippen molar-refractivity contribution in [2.24, 2.45) is 0 Å². The van der Waals surface area contributed by atoms with E-state index in [-0.39, 0.29) is 16.5 Å². The average molecular weight is 300 g/mol. The maximum Gasteiger partial charge on any atom is 0.337 e. The van der Waals surface area contributed by atoms with Crippen LogP contribution in [-0.4, -0.2) is 32.6 Å². The molecule has 0 bridgehead atoms. The summed E-state index contributed by atoms with van der Waals surface area (Å²) in [4.78, 5) is 11.2. The van der Waals surface area contributed by atoms with E-state index >= 15 is 0 Å². The molecule has 0 saturated carbocycles. The van der Waals surface area contributed by atoms with E-state index in [0.29, 0.717) is 5.69 Å². The number of sulfonamides is 1. The Kier molecular flexibility index (Phi) is 5.52. The quantitative estimate of drug-likeness (QED) is 0.714. The van der Waals surface area contributed by atoms with Crippen LogP contribution in [0.4, 0.5) is 5.69 Å². The molecule has 0 fully saturated rings. The van der Waals surface area contributed by atoms with Crippen molar-refractivity contribution < 1.29 is 18.3 Å². The van der Waals surface area contributed by atoms with E-state index in [1.165, 1.54) is 19.2 Å². The van der Waals surface area contributed by atoms with Gasteiger partial charge in [0.25, 0.3) is 0 Å². The molecule has 0 aliphatic carbocycles. The van der Waals surface area contributed by atoms with Crippen molar-refractivity contribution in [3.63, 3.8) is 0 Å². The lowest BCUT2D eigenvalue weighted by molar-refractivity contribution is 0.0697. The van der Waals surface area contributed by atoms with Gasteiger partial charge in [0.15, 0.2) is 0 Å². The summed E-state index contributed by atoms with van der Waals surface area (Å²) in [5, 5.41) is 12.3. The highest BCUT2D eigenvalue weighted by molar-refractivity contribution is 7.89. The molecule has 3 N–H and O–H groups in total. The SMILES string of the molecule is CCC[C@H](C)Nc1ccc(S(=O)(=O)NC)cc1C(=O)O. The van der Waals surface area contributed by atoms with Gasteiger partial charge in [0.05, 0.1) is 10.5 Å². The lowest BCUT2D eigenvalue weighted by Gasteiger charge is -2.17. The number of rotatable bonds is 7. The summed E-state index contributed by atoms with van der Waals surface area (Å²) in [6, 6.07) is 4.15. The summed E-state index contributed by atoms with van der Waals surface area (Å²) < 4.78 is 25.5. The maximum atomic E-state index is 11.7. The second-order valence-corrected chi connectivity index (χ2v) is 6.44. The molecule has 112 valence electrons. The first-order valence-electron chi connectivity index (χ1n) is 6.39. The predicted octanol–water partition coefficient (Wildman–Crippen LogP) is 1.89. The van der Waals surface area contributed by atoms with Gasteiger partial charge >= 0.3 is 5.97 Å². The molecule has 0 aliphatic heterocycles. The highest BCUT2D eigenvalue weighted by Gasteiger charge is 2.18. The fourth-order valence-electron chi connectivity index (χ4n) is 1.88. The number of anilines is 1. The van der Waals surface area contributed by atoms with Gasteiger partial charge < -0.3 is 10.4 Å². The number of hydrogen-bond acceptors (Lipinski definition) is 4. The summed E-state index contributed by atoms with van der Waals surface area (Å²) in [6.07, 6.45) is 1.87. The first kappa shape index (κ1) is 16.5. The molecule has 0 spiro atoms. The molecule has 1 atom stereocenters. The smallest absolute Gasteiger partial charge is 0.337 e. The van der Waals surface area contributed by atoms with Crippen molar-refractivity contribution in [1.82, 2.24) is 4.72 Å². The van der Waals surface area contributed by atoms with E-state index in [4.69, 9.17) is 0 Å². The van der Waals surface area contributed by atoms with E-state index in [9.17, 15) is 18.3 Å². The lowest BCUT2D eigenvalue weighted by atomic mass is 10.1. The molecule has 0 radical (unpaired) electrons. The zero-order valence-electron chi connectivity index (χ0n) is 11.8. The van der Waals surface area contributed by atoms with Crippen LogP contribution in [0.5, 0.6) is 0 Å². The number of hydrogen-bond donors (Lipinski definition) is 3. The van der Waals surface area contributed by atoms with Crippen molar-refractivity contribution >= 4 is 21.7 Å². The number of benzene rings is 1. The Hall–Kier alpha value is -1.60. The molecule has 0 aliphatic rings. The van der Waals surface area contributed by atoms with Crippen LogP contribution >= 0.6 is 0 Å². The minimum atomic E-state index is -3.65. The van der Waals surface area contributed by atoms with E-state index in [0.717, 1.165) is 18.9 Å². The first-order valence-corrected chi connectivity index (χ1v) is 7.87. The molecule has 1 rings (SSSR count). The Morgan fingerprint density at radius 2 is 2.05 bits per heavy atom. The van der Waals surface area contributed by atoms with Crippen LogP contribution in [0.3, 0.4) is 0 Å². The third-order valence-corrected chi connectivity index (χ3v) is 4.34. The first-order chi connectivity index (χ1) is 9.31. The molecule has 6 nitrogen and oxygen atoms in total. The summed E-state index contributed by atoms with van der Waals surface area (Å²) in [5.41, 5.74) is 0.373. The van der Waals surface area contributed by atoms with Gasteiger partial charge in [-0.2, -0.15) is 0 Å². The third-order valence-electron chi connectivity index (χ3n) is 2.92. The highest BCUT2D eigenvalue weighted by Crippen LogP contribution is 2.22. The summed E-state index contributed by atoms with van der Waals surface area (Å²) in [5.74, 6) is -1.16. The van der Waals surface area contributed by atoms with Crippen molar-refractivity contribution in [3.05, 3.63) is 23.8 Å². The van der Waals surface area contributed by atoms with Crippen LogP contribution in [-0.2, 0) is 10.0 Å². The van der Waals surface area contributed by atoms with Gasteiger partial charge in [-0.25, -0.2) is 17.9 Å². The molecule has 0 heterocycles. The van der Waals surface area contributed by atoms with E-state index in [1.807, 2.05) is 13.8 Å². The van der Waals surface area contributed by atoms with Gasteiger partial charge in [0.2, 0.25) is 10.0 Å². The second-order valence-electron chi connectivity index (χ2n) is 4.55. The van der Waals surface area contributed by atoms with Crippen LogP contribution in [0.2, 0.25) is 0 Å². The Labute approximate surface area is 119 Å². The van der Waals surface area contributed by atoms with Crippen LogP contribution in [0.15, 0.2) is 23.1 Å². The van der Waals surface area contributed by atoms with Crippen molar-refractivity contribution in [3.8, 4) is 0 Å². The van der Waals surface area contributed by atoms with Crippen molar-refractivity contribution in [2.45, 2.75) is 37.6 Å². The van der Waals surface area contributed by atoms with E-state index in [2.05, 4.69) is 10.0 Å². The van der Waals surface area contributed by atoms with Crippen LogP contribution < -0.4 is 10.0 Å². The average Bonchev–Trinajstić information content (AvgIpc) is 2.38. The predicted molar refractivity (Wildman–Crippen MR) is 77.6 cm³/mol. The fourth-order valence-corrected chi connectivity index (χ4v) is 2.64. The number of carboxylic acids is 1. The standard InChI is InChI=1S/C13H20N2O4S/c1-4-5-9(2)15-12-7-6-10(20(18,19)14-3)8-11(12)13(16)17/h6-9,14-15H,4-5H2,1-3H3,(H,16,17)/t9-/m0/s1. The Bertz CT molecular complexity index is 584. The van der Waals surface area contributed by atoms with Crippen LogP contribution in [0, 0.1) is 0 Å². The summed E-state index contributed by atoms with van der Waals surface area (Å²) in [7, 11) is -2.37. The zero-order valence-corrected chi connectivity index (χ0v) is 12.6. The number of nitrogens with one attached hydrogen (secondary N) is 2. The van der Waals surface area contributed by atoms with Gasteiger partial charge in [-0.1, -0.05) is 13.3 Å². The Morgan fingerprint density at radius 1 is 1.40 bits per heavy atom. The number of carbonyl (C=O) groups is 1. The van der Waals surface area contributed by atoms with Gasteiger partial charge in [-0.15, -0.1) is 0 Å². The topological polar surface area (TPSA) is 95.5 Å². The lowest BCUT2D eigenvalue weighted by Crippen LogP contribution is -2.20. The molecule has 1 aromatic carbocycles. The van der Waals surface area contributed by atoms with Crippen LogP contribution in [0.1, 0.15) is 37.0 Å². The molecule has 7 heteroatoms. The number of carboxylic acid groups (broad SMARTS) is 1. The molecular formula is C13H20N2O4S. The molecular weight excluding hydrogens is 280 g/mol. The molecule has 0 amide bonds. The molecule has 0 aromatic heterocycles. The van der Waals surface area contributed by atoms with Gasteiger partial charge in [0, 0.05) is 11.7 Å². The van der Waals surface area contributed by atoms with Crippen molar-refractivity contribution in [1.29, 1.82) is 0 Å². The van der Waals surface area contributed by atoms with E-state index < -0.39 is 16.0 Å². The van der Waals surface area contributed by atoms with Gasteiger partial charge in [-0.3, -0.25) is 0 Å². The molecule has 0 saturated heterocycles.